The van der Waals surface area contributed by atoms with Gasteiger partial charge in [-0.15, -0.1) is 0 Å². The van der Waals surface area contributed by atoms with E-state index in [0.717, 1.165) is 6.42 Å². The van der Waals surface area contributed by atoms with Gasteiger partial charge >= 0.3 is 0 Å². The highest BCUT2D eigenvalue weighted by Crippen LogP contribution is 2.03. The second-order valence-corrected chi connectivity index (χ2v) is 3.12. The van der Waals surface area contributed by atoms with Gasteiger partial charge in [-0.05, 0) is 40.3 Å². The van der Waals surface area contributed by atoms with Crippen molar-refractivity contribution in [2.75, 3.05) is 0 Å². The number of allylic oxidation sites excluding steroid dienone is 3. The third kappa shape index (κ3) is 4.65. The van der Waals surface area contributed by atoms with E-state index in [1.807, 2.05) is 6.20 Å². The first kappa shape index (κ1) is 10.3. The number of hydrogen-bond acceptors (Lipinski definition) is 1. The van der Waals surface area contributed by atoms with E-state index in [1.165, 1.54) is 16.8 Å². The molecule has 0 spiro atoms. The number of nitrogens with one attached hydrogen (secondary N) is 1. The van der Waals surface area contributed by atoms with E-state index < -0.39 is 0 Å². The maximum atomic E-state index is 3.25. The molecule has 0 aliphatic carbocycles. The van der Waals surface area contributed by atoms with E-state index in [4.69, 9.17) is 0 Å². The first-order valence-corrected chi connectivity index (χ1v) is 4.14. The van der Waals surface area contributed by atoms with E-state index in [1.54, 1.807) is 0 Å². The van der Waals surface area contributed by atoms with Crippen molar-refractivity contribution in [3.05, 3.63) is 23.0 Å². The third-order valence-electron chi connectivity index (χ3n) is 1.75. The Morgan fingerprint density at radius 3 is 2.09 bits per heavy atom. The van der Waals surface area contributed by atoms with Crippen LogP contribution in [0, 0.1) is 0 Å². The standard InChI is InChI=1S/C10H19N/c1-6-9(4)10(5)11-7-8(2)3/h7,11H,6H2,1-5H3. The molecule has 0 aliphatic heterocycles. The van der Waals surface area contributed by atoms with Crippen LogP contribution in [-0.2, 0) is 0 Å². The lowest BCUT2D eigenvalue weighted by Crippen LogP contribution is -2.03. The van der Waals surface area contributed by atoms with Gasteiger partial charge in [0.05, 0.1) is 0 Å². The molecule has 0 unspecified atom stereocenters. The number of hydrogen-bond donors (Lipinski definition) is 1. The lowest BCUT2D eigenvalue weighted by atomic mass is 10.2. The van der Waals surface area contributed by atoms with Crippen LogP contribution in [0.15, 0.2) is 23.0 Å². The van der Waals surface area contributed by atoms with Gasteiger partial charge in [0.2, 0.25) is 0 Å². The van der Waals surface area contributed by atoms with E-state index in [2.05, 4.69) is 39.9 Å². The summed E-state index contributed by atoms with van der Waals surface area (Å²) in [6.45, 7) is 10.6. The van der Waals surface area contributed by atoms with Crippen molar-refractivity contribution in [1.82, 2.24) is 5.32 Å². The Kier molecular flexibility index (Phi) is 4.67. The summed E-state index contributed by atoms with van der Waals surface area (Å²) < 4.78 is 0. The fraction of sp³-hybridized carbons (Fsp3) is 0.600. The third-order valence-corrected chi connectivity index (χ3v) is 1.75. The van der Waals surface area contributed by atoms with Gasteiger partial charge in [-0.25, -0.2) is 0 Å². The van der Waals surface area contributed by atoms with Crippen molar-refractivity contribution in [1.29, 1.82) is 0 Å². The Hall–Kier alpha value is -0.720. The zero-order valence-electron chi connectivity index (χ0n) is 8.28. The van der Waals surface area contributed by atoms with E-state index in [-0.39, 0.29) is 0 Å². The second kappa shape index (κ2) is 5.00. The van der Waals surface area contributed by atoms with Crippen LogP contribution in [0.25, 0.3) is 0 Å². The zero-order chi connectivity index (χ0) is 8.85. The summed E-state index contributed by atoms with van der Waals surface area (Å²) in [7, 11) is 0. The van der Waals surface area contributed by atoms with Crippen molar-refractivity contribution in [3.63, 3.8) is 0 Å². The highest BCUT2D eigenvalue weighted by Gasteiger charge is 1.90. The highest BCUT2D eigenvalue weighted by atomic mass is 14.8. The summed E-state index contributed by atoms with van der Waals surface area (Å²) in [5.41, 5.74) is 3.99. The van der Waals surface area contributed by atoms with Gasteiger partial charge in [0, 0.05) is 5.70 Å². The minimum absolute atomic E-state index is 1.12. The molecule has 1 heteroatoms. The zero-order valence-corrected chi connectivity index (χ0v) is 8.28. The van der Waals surface area contributed by atoms with Crippen LogP contribution in [0.4, 0.5) is 0 Å². The van der Waals surface area contributed by atoms with Gasteiger partial charge in [-0.3, -0.25) is 0 Å². The molecule has 11 heavy (non-hydrogen) atoms. The molecule has 0 radical (unpaired) electrons. The van der Waals surface area contributed by atoms with E-state index >= 15 is 0 Å². The molecule has 0 aromatic rings. The quantitative estimate of drug-likeness (QED) is 0.656. The molecule has 0 rings (SSSR count). The van der Waals surface area contributed by atoms with Gasteiger partial charge in [0.1, 0.15) is 0 Å². The molecule has 0 aromatic carbocycles. The first-order valence-electron chi connectivity index (χ1n) is 4.14. The maximum absolute atomic E-state index is 3.25. The fourth-order valence-corrected chi connectivity index (χ4v) is 0.641. The van der Waals surface area contributed by atoms with Gasteiger partial charge in [-0.2, -0.15) is 0 Å². The van der Waals surface area contributed by atoms with Crippen LogP contribution >= 0.6 is 0 Å². The molecule has 0 aromatic heterocycles. The molecule has 64 valence electrons. The normalized spacial score (nSPS) is 12.1. The molecule has 0 atom stereocenters. The number of rotatable bonds is 3. The van der Waals surface area contributed by atoms with Gasteiger partial charge in [0.25, 0.3) is 0 Å². The van der Waals surface area contributed by atoms with Crippen LogP contribution in [0.5, 0.6) is 0 Å². The maximum Gasteiger partial charge on any atom is 0.0104 e. The molecule has 0 aliphatic rings. The van der Waals surface area contributed by atoms with Crippen molar-refractivity contribution in [2.24, 2.45) is 0 Å². The van der Waals surface area contributed by atoms with Gasteiger partial charge in [0.15, 0.2) is 0 Å². The summed E-state index contributed by atoms with van der Waals surface area (Å²) in [5.74, 6) is 0. The summed E-state index contributed by atoms with van der Waals surface area (Å²) in [4.78, 5) is 0. The molecule has 0 saturated heterocycles. The Labute approximate surface area is 70.2 Å². The lowest BCUT2D eigenvalue weighted by molar-refractivity contribution is 0.950. The average Bonchev–Trinajstić information content (AvgIpc) is 1.98. The van der Waals surface area contributed by atoms with E-state index in [9.17, 15) is 0 Å². The summed E-state index contributed by atoms with van der Waals surface area (Å²) in [6.07, 6.45) is 3.16. The van der Waals surface area contributed by atoms with Crippen molar-refractivity contribution >= 4 is 0 Å². The SMILES string of the molecule is CCC(C)=C(C)NC=C(C)C. The largest absolute Gasteiger partial charge is 0.365 e. The minimum atomic E-state index is 1.12. The Morgan fingerprint density at radius 2 is 1.73 bits per heavy atom. The summed E-state index contributed by atoms with van der Waals surface area (Å²) >= 11 is 0. The minimum Gasteiger partial charge on any atom is -0.365 e. The fourth-order valence-electron chi connectivity index (χ4n) is 0.641. The van der Waals surface area contributed by atoms with Crippen LogP contribution in [0.1, 0.15) is 41.0 Å². The Bertz CT molecular complexity index is 171. The summed E-state index contributed by atoms with van der Waals surface area (Å²) in [5, 5.41) is 3.25. The van der Waals surface area contributed by atoms with Crippen molar-refractivity contribution < 1.29 is 0 Å². The van der Waals surface area contributed by atoms with Crippen molar-refractivity contribution in [2.45, 2.75) is 41.0 Å². The molecule has 0 amide bonds. The average molecular weight is 153 g/mol. The molecular weight excluding hydrogens is 134 g/mol. The summed E-state index contributed by atoms with van der Waals surface area (Å²) in [6, 6.07) is 0. The Morgan fingerprint density at radius 1 is 1.18 bits per heavy atom. The molecular formula is C10H19N. The smallest absolute Gasteiger partial charge is 0.0104 e. The van der Waals surface area contributed by atoms with Crippen LogP contribution in [0.3, 0.4) is 0 Å². The van der Waals surface area contributed by atoms with Gasteiger partial charge in [-0.1, -0.05) is 18.1 Å². The highest BCUT2D eigenvalue weighted by molar-refractivity contribution is 5.10. The topological polar surface area (TPSA) is 12.0 Å². The van der Waals surface area contributed by atoms with Gasteiger partial charge < -0.3 is 5.32 Å². The molecule has 0 saturated carbocycles. The first-order chi connectivity index (χ1) is 5.07. The molecule has 0 fully saturated rings. The monoisotopic (exact) mass is 153 g/mol. The van der Waals surface area contributed by atoms with E-state index in [0.29, 0.717) is 0 Å². The molecule has 0 bridgehead atoms. The predicted molar refractivity (Wildman–Crippen MR) is 51.2 cm³/mol. The predicted octanol–water partition coefficient (Wildman–Crippen LogP) is 3.20. The molecule has 1 nitrogen and oxygen atoms in total. The molecule has 1 N–H and O–H groups in total. The van der Waals surface area contributed by atoms with Crippen LogP contribution < -0.4 is 5.32 Å². The Balaban J connectivity index is 4.06. The van der Waals surface area contributed by atoms with Crippen LogP contribution in [0.2, 0.25) is 0 Å². The second-order valence-electron chi connectivity index (χ2n) is 3.12. The molecule has 0 heterocycles. The lowest BCUT2D eigenvalue weighted by Gasteiger charge is -2.05. The van der Waals surface area contributed by atoms with Crippen LogP contribution in [-0.4, -0.2) is 0 Å². The van der Waals surface area contributed by atoms with Crippen molar-refractivity contribution in [3.8, 4) is 0 Å².